The molecule has 0 saturated carbocycles. The Morgan fingerprint density at radius 3 is 2.27 bits per heavy atom. The number of anilines is 2. The third-order valence-electron chi connectivity index (χ3n) is 6.80. The molecule has 2 aromatic carbocycles. The number of carbonyl (C=O) groups excluding carboxylic acids is 2. The van der Waals surface area contributed by atoms with Crippen LogP contribution < -0.4 is 26.2 Å². The van der Waals surface area contributed by atoms with Gasteiger partial charge in [0.05, 0.1) is 23.4 Å². The Balaban J connectivity index is 0.000000681. The Labute approximate surface area is 242 Å². The minimum atomic E-state index is -4.20. The first-order valence-corrected chi connectivity index (χ1v) is 14.0. The summed E-state index contributed by atoms with van der Waals surface area (Å²) in [5.74, 6) is -1.41. The van der Waals surface area contributed by atoms with E-state index in [1.165, 1.54) is 57.6 Å². The van der Waals surface area contributed by atoms with Gasteiger partial charge in [-0.05, 0) is 61.8 Å². The summed E-state index contributed by atoms with van der Waals surface area (Å²) in [7, 11) is 1.46. The van der Waals surface area contributed by atoms with Crippen LogP contribution in [0.4, 0.5) is 33.7 Å². The van der Waals surface area contributed by atoms with Crippen molar-refractivity contribution in [3.8, 4) is 0 Å². The van der Waals surface area contributed by atoms with Crippen molar-refractivity contribution in [1.82, 2.24) is 20.9 Å². The van der Waals surface area contributed by atoms with Gasteiger partial charge in [-0.1, -0.05) is 24.1 Å². The first-order chi connectivity index (χ1) is 19.6. The maximum Gasteiger partial charge on any atom is 0.390 e. The molecule has 41 heavy (non-hydrogen) atoms. The maximum atomic E-state index is 14.6. The van der Waals surface area contributed by atoms with Crippen molar-refractivity contribution >= 4 is 34.9 Å². The molecule has 4 rings (SSSR count). The molecule has 0 atom stereocenters. The monoisotopic (exact) mass is 600 g/mol. The molecule has 2 saturated heterocycles. The van der Waals surface area contributed by atoms with E-state index < -0.39 is 30.4 Å². The van der Waals surface area contributed by atoms with Gasteiger partial charge >= 0.3 is 12.2 Å². The van der Waals surface area contributed by atoms with Crippen molar-refractivity contribution in [2.45, 2.75) is 38.4 Å². The molecule has 2 aliphatic rings. The SMILES string of the molecule is C1CCNCC1.CNC(=O)NCc1ccc(C(=O)Nc2ccc(Cl)cc2N2CCN(CCC(F)(F)F)CC2)c(F)c1. The van der Waals surface area contributed by atoms with Gasteiger partial charge in [0.15, 0.2) is 0 Å². The second-order valence-electron chi connectivity index (χ2n) is 9.87. The van der Waals surface area contributed by atoms with E-state index in [9.17, 15) is 27.2 Å². The van der Waals surface area contributed by atoms with Crippen LogP contribution in [-0.4, -0.2) is 75.9 Å². The summed E-state index contributed by atoms with van der Waals surface area (Å²) in [6.07, 6.45) is -0.847. The first kappa shape index (κ1) is 32.4. The van der Waals surface area contributed by atoms with Crippen LogP contribution in [0.5, 0.6) is 0 Å². The highest BCUT2D eigenvalue weighted by molar-refractivity contribution is 6.31. The summed E-state index contributed by atoms with van der Waals surface area (Å²) in [6.45, 7) is 4.27. The minimum Gasteiger partial charge on any atom is -0.367 e. The predicted octanol–water partition coefficient (Wildman–Crippen LogP) is 4.99. The Morgan fingerprint density at radius 1 is 1.00 bits per heavy atom. The van der Waals surface area contributed by atoms with Crippen LogP contribution in [0, 0.1) is 5.82 Å². The number of nitrogens with zero attached hydrogens (tertiary/aromatic N) is 2. The number of hydrogen-bond donors (Lipinski definition) is 4. The summed E-state index contributed by atoms with van der Waals surface area (Å²) in [4.78, 5) is 27.8. The highest BCUT2D eigenvalue weighted by Gasteiger charge is 2.29. The number of urea groups is 1. The Morgan fingerprint density at radius 2 is 1.71 bits per heavy atom. The lowest BCUT2D eigenvalue weighted by atomic mass is 10.1. The topological polar surface area (TPSA) is 88.7 Å². The van der Waals surface area contributed by atoms with Crippen molar-refractivity contribution in [2.24, 2.45) is 0 Å². The summed E-state index contributed by atoms with van der Waals surface area (Å²) in [5, 5.41) is 11.3. The summed E-state index contributed by atoms with van der Waals surface area (Å²) >= 11 is 6.15. The number of nitrogens with one attached hydrogen (secondary N) is 4. The van der Waals surface area contributed by atoms with E-state index in [4.69, 9.17) is 11.6 Å². The number of piperidine rings is 1. The van der Waals surface area contributed by atoms with Crippen LogP contribution in [0.3, 0.4) is 0 Å². The molecule has 4 N–H and O–H groups in total. The molecule has 0 spiro atoms. The molecule has 3 amide bonds. The van der Waals surface area contributed by atoms with Crippen LogP contribution in [-0.2, 0) is 6.54 Å². The smallest absolute Gasteiger partial charge is 0.367 e. The molecule has 2 aromatic rings. The van der Waals surface area contributed by atoms with E-state index in [-0.39, 0.29) is 18.7 Å². The van der Waals surface area contributed by atoms with Crippen LogP contribution in [0.2, 0.25) is 5.02 Å². The van der Waals surface area contributed by atoms with E-state index >= 15 is 0 Å². The standard InChI is InChI=1S/C23H26ClF4N5O2.C5H11N/c1-29-22(35)30-14-15-2-4-17(18(25)12-15)21(34)31-19-5-3-16(24)13-20(19)33-10-8-32(9-11-33)7-6-23(26,27)28;1-2-4-6-5-3-1/h2-5,12-13H,6-11,14H2,1H3,(H,31,34)(H2,29,30,35);6H,1-5H2. The lowest BCUT2D eigenvalue weighted by Gasteiger charge is -2.37. The molecule has 0 radical (unpaired) electrons. The Bertz CT molecular complexity index is 1140. The third-order valence-corrected chi connectivity index (χ3v) is 7.03. The van der Waals surface area contributed by atoms with Crippen LogP contribution in [0.1, 0.15) is 41.6 Å². The molecular weight excluding hydrogens is 564 g/mol. The van der Waals surface area contributed by atoms with Gasteiger partial charge in [0.25, 0.3) is 5.91 Å². The van der Waals surface area contributed by atoms with Gasteiger partial charge in [0.2, 0.25) is 0 Å². The molecule has 226 valence electrons. The third kappa shape index (κ3) is 11.0. The van der Waals surface area contributed by atoms with E-state index in [1.807, 2.05) is 4.90 Å². The van der Waals surface area contributed by atoms with Gasteiger partial charge in [0, 0.05) is 51.3 Å². The second kappa shape index (κ2) is 15.8. The average molecular weight is 601 g/mol. The Kier molecular flexibility index (Phi) is 12.5. The average Bonchev–Trinajstić information content (AvgIpc) is 2.97. The van der Waals surface area contributed by atoms with E-state index in [2.05, 4.69) is 21.3 Å². The highest BCUT2D eigenvalue weighted by atomic mass is 35.5. The molecule has 2 fully saturated rings. The number of carbonyl (C=O) groups is 2. The fraction of sp³-hybridized carbons (Fsp3) is 0.500. The largest absolute Gasteiger partial charge is 0.390 e. The van der Waals surface area contributed by atoms with Gasteiger partial charge in [-0.25, -0.2) is 9.18 Å². The number of benzene rings is 2. The first-order valence-electron chi connectivity index (χ1n) is 13.7. The number of alkyl halides is 3. The molecule has 0 unspecified atom stereocenters. The van der Waals surface area contributed by atoms with Gasteiger partial charge in [-0.2, -0.15) is 13.2 Å². The summed E-state index contributed by atoms with van der Waals surface area (Å²) in [6, 6.07) is 8.48. The van der Waals surface area contributed by atoms with Gasteiger partial charge in [-0.15, -0.1) is 0 Å². The highest BCUT2D eigenvalue weighted by Crippen LogP contribution is 2.31. The molecular formula is C28H37ClF4N6O2. The van der Waals surface area contributed by atoms with Gasteiger partial charge in [-0.3, -0.25) is 9.69 Å². The van der Waals surface area contributed by atoms with Crippen molar-refractivity contribution in [2.75, 3.05) is 63.1 Å². The number of amides is 3. The fourth-order valence-corrected chi connectivity index (χ4v) is 4.65. The number of halogens is 5. The second-order valence-corrected chi connectivity index (χ2v) is 10.3. The van der Waals surface area contributed by atoms with Crippen LogP contribution in [0.25, 0.3) is 0 Å². The number of hydrogen-bond acceptors (Lipinski definition) is 5. The fourth-order valence-electron chi connectivity index (χ4n) is 4.48. The molecule has 13 heteroatoms. The maximum absolute atomic E-state index is 14.6. The molecule has 2 heterocycles. The van der Waals surface area contributed by atoms with Crippen molar-refractivity contribution in [3.63, 3.8) is 0 Å². The van der Waals surface area contributed by atoms with Crippen molar-refractivity contribution < 1.29 is 27.2 Å². The zero-order chi connectivity index (χ0) is 29.8. The molecule has 8 nitrogen and oxygen atoms in total. The van der Waals surface area contributed by atoms with E-state index in [0.29, 0.717) is 48.1 Å². The lowest BCUT2D eigenvalue weighted by molar-refractivity contribution is -0.138. The number of rotatable bonds is 7. The van der Waals surface area contributed by atoms with Crippen LogP contribution in [0.15, 0.2) is 36.4 Å². The molecule has 0 aromatic heterocycles. The lowest BCUT2D eigenvalue weighted by Crippen LogP contribution is -2.47. The minimum absolute atomic E-state index is 0.0651. The number of piperazine rings is 1. The zero-order valence-electron chi connectivity index (χ0n) is 23.1. The zero-order valence-corrected chi connectivity index (χ0v) is 23.8. The molecule has 2 aliphatic heterocycles. The van der Waals surface area contributed by atoms with Crippen LogP contribution >= 0.6 is 11.6 Å². The Hall–Kier alpha value is -3.09. The molecule has 0 aliphatic carbocycles. The normalized spacial score (nSPS) is 15.9. The summed E-state index contributed by atoms with van der Waals surface area (Å²) in [5.41, 5.74) is 1.32. The van der Waals surface area contributed by atoms with Crippen molar-refractivity contribution in [3.05, 3.63) is 58.4 Å². The predicted molar refractivity (Wildman–Crippen MR) is 153 cm³/mol. The quantitative estimate of drug-likeness (QED) is 0.336. The van der Waals surface area contributed by atoms with Gasteiger partial charge < -0.3 is 26.2 Å². The van der Waals surface area contributed by atoms with Crippen molar-refractivity contribution in [1.29, 1.82) is 0 Å². The van der Waals surface area contributed by atoms with E-state index in [0.717, 1.165) is 0 Å². The molecule has 0 bridgehead atoms. The van der Waals surface area contributed by atoms with E-state index in [1.54, 1.807) is 23.1 Å². The van der Waals surface area contributed by atoms with Gasteiger partial charge in [0.1, 0.15) is 5.82 Å². The summed E-state index contributed by atoms with van der Waals surface area (Å²) < 4.78 is 52.1.